The van der Waals surface area contributed by atoms with E-state index in [2.05, 4.69) is 0 Å². The van der Waals surface area contributed by atoms with Gasteiger partial charge >= 0.3 is 12.1 Å². The highest BCUT2D eigenvalue weighted by atomic mass is 32.2. The van der Waals surface area contributed by atoms with Crippen molar-refractivity contribution < 1.29 is 28.2 Å². The Morgan fingerprint density at radius 3 is 2.33 bits per heavy atom. The Labute approximate surface area is 108 Å². The van der Waals surface area contributed by atoms with E-state index in [-0.39, 0.29) is 12.2 Å². The molecule has 2 atom stereocenters. The molecule has 0 fully saturated rings. The third-order valence-electron chi connectivity index (χ3n) is 2.66. The second-order valence-electron chi connectivity index (χ2n) is 3.98. The maximum atomic E-state index is 12.5. The minimum atomic E-state index is -4.64. The molecule has 18 heavy (non-hydrogen) atoms. The minimum Gasteiger partial charge on any atom is -0.480 e. The Kier molecular flexibility index (Phi) is 7.01. The van der Waals surface area contributed by atoms with Crippen LogP contribution in [0.2, 0.25) is 0 Å². The van der Waals surface area contributed by atoms with E-state index < -0.39 is 36.6 Å². The molecule has 0 aliphatic rings. The van der Waals surface area contributed by atoms with Crippen LogP contribution in [0, 0.1) is 0 Å². The molecule has 0 spiro atoms. The third-order valence-corrected chi connectivity index (χ3v) is 3.68. The Morgan fingerprint density at radius 1 is 1.39 bits per heavy atom. The van der Waals surface area contributed by atoms with Crippen molar-refractivity contribution in [3.05, 3.63) is 0 Å². The molecule has 4 nitrogen and oxygen atoms in total. The van der Waals surface area contributed by atoms with Crippen molar-refractivity contribution in [2.75, 3.05) is 11.5 Å². The van der Waals surface area contributed by atoms with Crippen LogP contribution in [-0.4, -0.2) is 45.5 Å². The monoisotopic (exact) mass is 289 g/mol. The van der Waals surface area contributed by atoms with Crippen LogP contribution in [0.3, 0.4) is 0 Å². The molecule has 0 aromatic rings. The van der Waals surface area contributed by atoms with Gasteiger partial charge in [-0.05, 0) is 30.8 Å². The van der Waals surface area contributed by atoms with Gasteiger partial charge in [0.05, 0.1) is 0 Å². The van der Waals surface area contributed by atoms with Crippen LogP contribution in [0.1, 0.15) is 26.2 Å². The molecule has 0 aromatic heterocycles. The van der Waals surface area contributed by atoms with E-state index in [4.69, 9.17) is 10.8 Å². The van der Waals surface area contributed by atoms with E-state index in [1.54, 1.807) is 0 Å². The Morgan fingerprint density at radius 2 is 1.94 bits per heavy atom. The molecule has 0 saturated heterocycles. The average molecular weight is 289 g/mol. The van der Waals surface area contributed by atoms with Gasteiger partial charge < -0.3 is 15.9 Å². The van der Waals surface area contributed by atoms with Crippen LogP contribution < -0.4 is 5.73 Å². The molecular weight excluding hydrogens is 271 g/mol. The van der Waals surface area contributed by atoms with Gasteiger partial charge in [0.25, 0.3) is 0 Å². The van der Waals surface area contributed by atoms with Crippen molar-refractivity contribution in [1.29, 1.82) is 0 Å². The molecule has 0 amide bonds. The number of alkyl halides is 3. The van der Waals surface area contributed by atoms with E-state index in [0.29, 0.717) is 5.75 Å². The summed E-state index contributed by atoms with van der Waals surface area (Å²) in [4.78, 5) is 10.4. The number of carbonyl (C=O) groups is 1. The normalized spacial score (nSPS) is 17.2. The van der Waals surface area contributed by atoms with E-state index in [1.165, 1.54) is 6.92 Å². The summed E-state index contributed by atoms with van der Waals surface area (Å²) < 4.78 is 37.5. The smallest absolute Gasteiger partial charge is 0.417 e. The standard InChI is InChI=1S/C10H18F3NO3S/c1-2-9(17,10(11,12)13)4-6-18-5-3-7(14)8(15)16/h7,17H,2-6,14H2,1H3,(H,15,16). The quantitative estimate of drug-likeness (QED) is 0.591. The second kappa shape index (κ2) is 7.20. The van der Waals surface area contributed by atoms with Gasteiger partial charge in [-0.25, -0.2) is 0 Å². The van der Waals surface area contributed by atoms with Gasteiger partial charge in [0.2, 0.25) is 0 Å². The summed E-state index contributed by atoms with van der Waals surface area (Å²) in [7, 11) is 0. The molecule has 0 radical (unpaired) electrons. The van der Waals surface area contributed by atoms with Crippen molar-refractivity contribution in [2.45, 2.75) is 44.0 Å². The fourth-order valence-electron chi connectivity index (χ4n) is 1.20. The van der Waals surface area contributed by atoms with Crippen LogP contribution in [0.25, 0.3) is 0 Å². The second-order valence-corrected chi connectivity index (χ2v) is 5.20. The summed E-state index contributed by atoms with van der Waals surface area (Å²) in [6.07, 6.45) is -5.25. The lowest BCUT2D eigenvalue weighted by molar-refractivity contribution is -0.261. The van der Waals surface area contributed by atoms with E-state index in [0.717, 1.165) is 11.8 Å². The number of rotatable bonds is 8. The lowest BCUT2D eigenvalue weighted by Crippen LogP contribution is -2.45. The molecule has 0 aliphatic carbocycles. The lowest BCUT2D eigenvalue weighted by atomic mass is 9.97. The van der Waals surface area contributed by atoms with Gasteiger partial charge in [-0.15, -0.1) is 0 Å². The molecule has 0 saturated carbocycles. The first-order chi connectivity index (χ1) is 8.14. The molecule has 0 rings (SSSR count). The molecule has 0 bridgehead atoms. The van der Waals surface area contributed by atoms with E-state index >= 15 is 0 Å². The SMILES string of the molecule is CCC(O)(CCSCCC(N)C(=O)O)C(F)(F)F. The highest BCUT2D eigenvalue weighted by Crippen LogP contribution is 2.36. The zero-order chi connectivity index (χ0) is 14.4. The van der Waals surface area contributed by atoms with Crippen molar-refractivity contribution >= 4 is 17.7 Å². The van der Waals surface area contributed by atoms with E-state index in [1.807, 2.05) is 0 Å². The number of nitrogens with two attached hydrogens (primary N) is 1. The Hall–Kier alpha value is -0.470. The maximum Gasteiger partial charge on any atom is 0.417 e. The summed E-state index contributed by atoms with van der Waals surface area (Å²) in [5.74, 6) is -0.669. The van der Waals surface area contributed by atoms with Crippen LogP contribution in [0.5, 0.6) is 0 Å². The predicted octanol–water partition coefficient (Wildman–Crippen LogP) is 1.62. The highest BCUT2D eigenvalue weighted by molar-refractivity contribution is 7.99. The molecule has 0 aliphatic heterocycles. The zero-order valence-corrected chi connectivity index (χ0v) is 10.9. The number of hydrogen-bond donors (Lipinski definition) is 3. The van der Waals surface area contributed by atoms with Gasteiger partial charge in [0.1, 0.15) is 6.04 Å². The first-order valence-electron chi connectivity index (χ1n) is 5.49. The van der Waals surface area contributed by atoms with Gasteiger partial charge in [0.15, 0.2) is 5.60 Å². The van der Waals surface area contributed by atoms with Crippen LogP contribution >= 0.6 is 11.8 Å². The van der Waals surface area contributed by atoms with E-state index in [9.17, 15) is 23.1 Å². The highest BCUT2D eigenvalue weighted by Gasteiger charge is 2.51. The summed E-state index contributed by atoms with van der Waals surface area (Å²) in [5, 5.41) is 17.9. The zero-order valence-electron chi connectivity index (χ0n) is 10.0. The first kappa shape index (κ1) is 17.5. The van der Waals surface area contributed by atoms with Crippen LogP contribution in [-0.2, 0) is 4.79 Å². The molecule has 4 N–H and O–H groups in total. The van der Waals surface area contributed by atoms with Crippen molar-refractivity contribution in [1.82, 2.24) is 0 Å². The minimum absolute atomic E-state index is 0.107. The molecule has 8 heteroatoms. The van der Waals surface area contributed by atoms with Gasteiger partial charge in [-0.3, -0.25) is 4.79 Å². The van der Waals surface area contributed by atoms with Crippen LogP contribution in [0.4, 0.5) is 13.2 Å². The van der Waals surface area contributed by atoms with Crippen LogP contribution in [0.15, 0.2) is 0 Å². The summed E-state index contributed by atoms with van der Waals surface area (Å²) in [6, 6.07) is -0.995. The molecule has 0 aromatic carbocycles. The molecule has 0 heterocycles. The van der Waals surface area contributed by atoms with Gasteiger partial charge in [0, 0.05) is 0 Å². The third kappa shape index (κ3) is 5.45. The first-order valence-corrected chi connectivity index (χ1v) is 6.64. The number of carboxylic acid groups (broad SMARTS) is 1. The fraction of sp³-hybridized carbons (Fsp3) is 0.900. The number of thioether (sulfide) groups is 1. The summed E-state index contributed by atoms with van der Waals surface area (Å²) >= 11 is 1.15. The lowest BCUT2D eigenvalue weighted by Gasteiger charge is -2.29. The Bertz CT molecular complexity index is 276. The fourth-order valence-corrected chi connectivity index (χ4v) is 2.30. The maximum absolute atomic E-state index is 12.5. The number of hydrogen-bond acceptors (Lipinski definition) is 4. The van der Waals surface area contributed by atoms with Gasteiger partial charge in [-0.2, -0.15) is 24.9 Å². The number of halogens is 3. The summed E-state index contributed by atoms with van der Waals surface area (Å²) in [5.41, 5.74) is 2.58. The average Bonchev–Trinajstić information content (AvgIpc) is 2.26. The van der Waals surface area contributed by atoms with Crippen molar-refractivity contribution in [2.24, 2.45) is 5.73 Å². The molecular formula is C10H18F3NO3S. The number of aliphatic hydroxyl groups is 1. The van der Waals surface area contributed by atoms with Crippen molar-refractivity contribution in [3.63, 3.8) is 0 Å². The topological polar surface area (TPSA) is 83.5 Å². The molecule has 2 unspecified atom stereocenters. The number of aliphatic carboxylic acids is 1. The van der Waals surface area contributed by atoms with Crippen molar-refractivity contribution in [3.8, 4) is 0 Å². The Balaban J connectivity index is 3.93. The number of carboxylic acids is 1. The summed E-state index contributed by atoms with van der Waals surface area (Å²) in [6.45, 7) is 1.28. The van der Waals surface area contributed by atoms with Gasteiger partial charge in [-0.1, -0.05) is 6.92 Å². The molecule has 108 valence electrons. The largest absolute Gasteiger partial charge is 0.480 e. The predicted molar refractivity (Wildman–Crippen MR) is 63.5 cm³/mol.